The van der Waals surface area contributed by atoms with Crippen molar-refractivity contribution in [2.45, 2.75) is 6.92 Å². The molecule has 5 heterocycles. The maximum atomic E-state index is 6.53. The second-order valence-corrected chi connectivity index (χ2v) is 11.6. The molecule has 10 rings (SSSR count). The number of hydrogen-bond acceptors (Lipinski definition) is 3. The highest BCUT2D eigenvalue weighted by atomic mass is 32.1. The van der Waals surface area contributed by atoms with E-state index < -0.39 is 0 Å². The third-order valence-corrected chi connectivity index (χ3v) is 9.76. The van der Waals surface area contributed by atoms with E-state index in [0.717, 1.165) is 22.9 Å². The lowest BCUT2D eigenvalue weighted by atomic mass is 9.45. The summed E-state index contributed by atoms with van der Waals surface area (Å²) in [5, 5.41) is 2.68. The molecule has 3 nitrogen and oxygen atoms in total. The molecule has 0 unspecified atom stereocenters. The molecule has 2 aromatic heterocycles. The SMILES string of the molecule is Cc1cc2c3c(c1)N1c4ccccc4Oc4cccc(c41)B3n1c3c-2cccc3c2sc3ccccc3c21. The van der Waals surface area contributed by atoms with Crippen molar-refractivity contribution >= 4 is 77.4 Å². The van der Waals surface area contributed by atoms with Gasteiger partial charge >= 0.3 is 6.85 Å². The first kappa shape index (κ1) is 19.6. The molecule has 0 saturated carbocycles. The van der Waals surface area contributed by atoms with Crippen LogP contribution in [0, 0.1) is 6.92 Å². The predicted octanol–water partition coefficient (Wildman–Crippen LogP) is 7.84. The Labute approximate surface area is 223 Å². The van der Waals surface area contributed by atoms with E-state index >= 15 is 0 Å². The highest BCUT2D eigenvalue weighted by Gasteiger charge is 2.45. The molecule has 176 valence electrons. The van der Waals surface area contributed by atoms with Crippen LogP contribution in [0.25, 0.3) is 42.3 Å². The van der Waals surface area contributed by atoms with E-state index in [0.29, 0.717) is 0 Å². The summed E-state index contributed by atoms with van der Waals surface area (Å²) < 4.78 is 11.9. The van der Waals surface area contributed by atoms with Crippen molar-refractivity contribution in [3.8, 4) is 22.6 Å². The van der Waals surface area contributed by atoms with Crippen molar-refractivity contribution in [1.82, 2.24) is 4.48 Å². The fourth-order valence-corrected chi connectivity index (χ4v) is 8.44. The van der Waals surface area contributed by atoms with Crippen LogP contribution in [0.15, 0.2) is 97.1 Å². The third kappa shape index (κ3) is 2.13. The average Bonchev–Trinajstić information content (AvgIpc) is 3.48. The standard InChI is InChI=1S/C33H19BN2OS/c1-18-16-22-19-9-6-10-21-30(19)36(31-20-8-2-5-15-28(20)38-33(21)31)34-23-11-7-14-27-32(23)35(25(17-18)29(22)34)24-12-3-4-13-26(24)37-27/h2-17H,1H3. The Balaban J connectivity index is 1.45. The molecule has 0 N–H and O–H groups in total. The zero-order valence-corrected chi connectivity index (χ0v) is 21.3. The van der Waals surface area contributed by atoms with Crippen LogP contribution in [-0.2, 0) is 0 Å². The number of thiophene rings is 1. The van der Waals surface area contributed by atoms with Crippen LogP contribution in [-0.4, -0.2) is 11.3 Å². The number of para-hydroxylation sites is 4. The normalized spacial score (nSPS) is 14.0. The molecular formula is C33H19BN2OS. The van der Waals surface area contributed by atoms with Gasteiger partial charge in [-0.3, -0.25) is 0 Å². The Morgan fingerprint density at radius 2 is 1.53 bits per heavy atom. The van der Waals surface area contributed by atoms with E-state index in [1.54, 1.807) is 0 Å². The molecule has 0 amide bonds. The zero-order valence-electron chi connectivity index (χ0n) is 20.5. The minimum absolute atomic E-state index is 0.0635. The summed E-state index contributed by atoms with van der Waals surface area (Å²) in [5.41, 5.74) is 12.8. The number of aryl methyl sites for hydroxylation is 1. The van der Waals surface area contributed by atoms with Gasteiger partial charge < -0.3 is 14.1 Å². The van der Waals surface area contributed by atoms with Gasteiger partial charge in [-0.15, -0.1) is 11.3 Å². The fraction of sp³-hybridized carbons (Fsp3) is 0.0303. The zero-order chi connectivity index (χ0) is 24.7. The van der Waals surface area contributed by atoms with E-state index in [1.807, 2.05) is 11.3 Å². The van der Waals surface area contributed by atoms with Crippen molar-refractivity contribution in [1.29, 1.82) is 0 Å². The van der Waals surface area contributed by atoms with Crippen LogP contribution >= 0.6 is 11.3 Å². The van der Waals surface area contributed by atoms with Crippen LogP contribution in [0.3, 0.4) is 0 Å². The largest absolute Gasteiger partial charge is 0.453 e. The van der Waals surface area contributed by atoms with Crippen molar-refractivity contribution in [3.05, 3.63) is 103 Å². The molecule has 5 heteroatoms. The van der Waals surface area contributed by atoms with Crippen LogP contribution in [0.5, 0.6) is 11.5 Å². The summed E-state index contributed by atoms with van der Waals surface area (Å²) in [6, 6.07) is 35.5. The number of anilines is 3. The van der Waals surface area contributed by atoms with Gasteiger partial charge in [0.15, 0.2) is 11.5 Å². The van der Waals surface area contributed by atoms with Crippen LogP contribution in [0.2, 0.25) is 0 Å². The molecule has 38 heavy (non-hydrogen) atoms. The molecule has 0 atom stereocenters. The lowest BCUT2D eigenvalue weighted by Crippen LogP contribution is -2.57. The fourth-order valence-electron chi connectivity index (χ4n) is 7.22. The van der Waals surface area contributed by atoms with E-state index in [9.17, 15) is 0 Å². The first-order chi connectivity index (χ1) is 18.8. The van der Waals surface area contributed by atoms with Crippen LogP contribution in [0.4, 0.5) is 17.1 Å². The van der Waals surface area contributed by atoms with Gasteiger partial charge in [-0.25, -0.2) is 0 Å². The molecule has 7 aromatic rings. The molecule has 0 spiro atoms. The van der Waals surface area contributed by atoms with Crippen molar-refractivity contribution in [3.63, 3.8) is 0 Å². The number of hydrogen-bond donors (Lipinski definition) is 0. The Bertz CT molecular complexity index is 2210. The van der Waals surface area contributed by atoms with Crippen LogP contribution < -0.4 is 20.6 Å². The first-order valence-corrected chi connectivity index (χ1v) is 13.9. The number of benzene rings is 5. The maximum absolute atomic E-state index is 6.53. The third-order valence-electron chi connectivity index (χ3n) is 8.57. The van der Waals surface area contributed by atoms with Gasteiger partial charge in [0.2, 0.25) is 0 Å². The van der Waals surface area contributed by atoms with Gasteiger partial charge in [0, 0.05) is 32.2 Å². The maximum Gasteiger partial charge on any atom is 0.333 e. The van der Waals surface area contributed by atoms with Crippen LogP contribution in [0.1, 0.15) is 5.56 Å². The van der Waals surface area contributed by atoms with Crippen molar-refractivity contribution < 1.29 is 4.74 Å². The van der Waals surface area contributed by atoms with Gasteiger partial charge in [-0.1, -0.05) is 66.7 Å². The monoisotopic (exact) mass is 502 g/mol. The summed E-state index contributed by atoms with van der Waals surface area (Å²) in [6.45, 7) is 2.29. The number of ether oxygens (including phenoxy) is 1. The molecule has 0 saturated heterocycles. The minimum Gasteiger partial charge on any atom is -0.453 e. The topological polar surface area (TPSA) is 17.4 Å². The molecular weight excluding hydrogens is 483 g/mol. The number of fused-ring (bicyclic) bond motifs is 11. The van der Waals surface area contributed by atoms with Gasteiger partial charge in [-0.05, 0) is 59.3 Å². The van der Waals surface area contributed by atoms with Crippen molar-refractivity contribution in [2.24, 2.45) is 0 Å². The molecule has 3 aliphatic rings. The Morgan fingerprint density at radius 1 is 0.711 bits per heavy atom. The molecule has 0 bridgehead atoms. The smallest absolute Gasteiger partial charge is 0.333 e. The summed E-state index contributed by atoms with van der Waals surface area (Å²) in [7, 11) is 0. The average molecular weight is 502 g/mol. The highest BCUT2D eigenvalue weighted by molar-refractivity contribution is 7.27. The van der Waals surface area contributed by atoms with E-state index in [1.165, 1.54) is 64.5 Å². The Kier molecular flexibility index (Phi) is 3.35. The molecule has 0 fully saturated rings. The second kappa shape index (κ2) is 6.50. The Morgan fingerprint density at radius 3 is 2.50 bits per heavy atom. The summed E-state index contributed by atoms with van der Waals surface area (Å²) in [5.74, 6) is 1.82. The Hall–Kier alpha value is -4.48. The van der Waals surface area contributed by atoms with Gasteiger partial charge in [-0.2, -0.15) is 0 Å². The quantitative estimate of drug-likeness (QED) is 0.197. The predicted molar refractivity (Wildman–Crippen MR) is 160 cm³/mol. The van der Waals surface area contributed by atoms with E-state index in [-0.39, 0.29) is 6.85 Å². The van der Waals surface area contributed by atoms with E-state index in [2.05, 4.69) is 113 Å². The van der Waals surface area contributed by atoms with Crippen molar-refractivity contribution in [2.75, 3.05) is 4.90 Å². The van der Waals surface area contributed by atoms with Gasteiger partial charge in [0.05, 0.1) is 21.6 Å². The second-order valence-electron chi connectivity index (χ2n) is 10.6. The molecule has 5 aromatic carbocycles. The molecule has 3 aliphatic heterocycles. The number of rotatable bonds is 0. The number of nitrogens with zero attached hydrogens (tertiary/aromatic N) is 2. The first-order valence-electron chi connectivity index (χ1n) is 13.1. The lowest BCUT2D eigenvalue weighted by Gasteiger charge is -2.43. The summed E-state index contributed by atoms with van der Waals surface area (Å²) >= 11 is 1.92. The minimum atomic E-state index is 0.0635. The lowest BCUT2D eigenvalue weighted by molar-refractivity contribution is 0.477. The number of aromatic nitrogens is 1. The molecule has 0 aliphatic carbocycles. The van der Waals surface area contributed by atoms with Gasteiger partial charge in [0.1, 0.15) is 0 Å². The summed E-state index contributed by atoms with van der Waals surface area (Å²) in [6.07, 6.45) is 0. The molecule has 0 radical (unpaired) electrons. The highest BCUT2D eigenvalue weighted by Crippen LogP contribution is 2.53. The summed E-state index contributed by atoms with van der Waals surface area (Å²) in [4.78, 5) is 2.45. The van der Waals surface area contributed by atoms with Gasteiger partial charge in [0.25, 0.3) is 0 Å². The van der Waals surface area contributed by atoms with E-state index in [4.69, 9.17) is 4.74 Å².